The maximum absolute atomic E-state index is 13.0. The lowest BCUT2D eigenvalue weighted by molar-refractivity contribution is -0.125. The van der Waals surface area contributed by atoms with Gasteiger partial charge < -0.3 is 15.3 Å². The number of hydrogen-bond donors (Lipinski definition) is 3. The van der Waals surface area contributed by atoms with Crippen LogP contribution in [0.15, 0.2) is 52.9 Å². The van der Waals surface area contributed by atoms with E-state index in [9.17, 15) is 23.1 Å². The molecule has 1 aromatic heterocycles. The quantitative estimate of drug-likeness (QED) is 0.464. The SMILES string of the molecule is O=C1NCCC1CC1(O)CCN(C(=O)c2ccc(NS(=O)(=O)c3cccc4scnc34)cc2)CC1. The van der Waals surface area contributed by atoms with Crippen LogP contribution in [-0.2, 0) is 14.8 Å². The summed E-state index contributed by atoms with van der Waals surface area (Å²) in [6, 6.07) is 11.3. The zero-order valence-electron chi connectivity index (χ0n) is 18.9. The van der Waals surface area contributed by atoms with Crippen LogP contribution in [0.1, 0.15) is 36.0 Å². The Kier molecular flexibility index (Phi) is 6.24. The number of para-hydroxylation sites is 1. The molecule has 2 aliphatic heterocycles. The Bertz CT molecular complexity index is 1360. The standard InChI is InChI=1S/C24H26N4O5S2/c29-22-17(8-11-25-22)14-24(31)9-12-28(13-10-24)23(30)16-4-6-18(7-5-16)27-35(32,33)20-3-1-2-19-21(20)26-15-34-19/h1-7,15,17,27,31H,8-14H2,(H,25,29). The molecule has 2 aliphatic rings. The number of hydrogen-bond acceptors (Lipinski definition) is 7. The van der Waals surface area contributed by atoms with Gasteiger partial charge in [0.15, 0.2) is 0 Å². The Morgan fingerprint density at radius 1 is 1.20 bits per heavy atom. The summed E-state index contributed by atoms with van der Waals surface area (Å²) in [6.07, 6.45) is 1.99. The second-order valence-electron chi connectivity index (χ2n) is 9.14. The van der Waals surface area contributed by atoms with E-state index in [2.05, 4.69) is 15.0 Å². The molecule has 2 saturated heterocycles. The van der Waals surface area contributed by atoms with Gasteiger partial charge in [-0.15, -0.1) is 11.3 Å². The summed E-state index contributed by atoms with van der Waals surface area (Å²) in [5.74, 6) is -0.343. The fraction of sp³-hybridized carbons (Fsp3) is 0.375. The van der Waals surface area contributed by atoms with Gasteiger partial charge in [0.1, 0.15) is 10.4 Å². The van der Waals surface area contributed by atoms with Gasteiger partial charge in [-0.25, -0.2) is 13.4 Å². The van der Waals surface area contributed by atoms with Crippen LogP contribution in [0.2, 0.25) is 0 Å². The van der Waals surface area contributed by atoms with Crippen LogP contribution >= 0.6 is 11.3 Å². The number of aliphatic hydroxyl groups is 1. The first-order valence-electron chi connectivity index (χ1n) is 11.5. The molecule has 1 atom stereocenters. The number of rotatable bonds is 6. The second-order valence-corrected chi connectivity index (χ2v) is 11.7. The van der Waals surface area contributed by atoms with E-state index in [0.29, 0.717) is 55.7 Å². The number of nitrogens with zero attached hydrogens (tertiary/aromatic N) is 2. The Labute approximate surface area is 207 Å². The van der Waals surface area contributed by atoms with Crippen LogP contribution in [-0.4, -0.2) is 60.5 Å². The maximum atomic E-state index is 13.0. The van der Waals surface area contributed by atoms with Gasteiger partial charge in [0.2, 0.25) is 5.91 Å². The summed E-state index contributed by atoms with van der Waals surface area (Å²) in [5, 5.41) is 13.7. The zero-order valence-corrected chi connectivity index (χ0v) is 20.6. The fourth-order valence-corrected chi connectivity index (χ4v) is 6.78. The smallest absolute Gasteiger partial charge is 0.264 e. The van der Waals surface area contributed by atoms with E-state index in [-0.39, 0.29) is 22.6 Å². The lowest BCUT2D eigenvalue weighted by Crippen LogP contribution is -2.48. The molecule has 0 spiro atoms. The number of piperidine rings is 1. The molecule has 2 aromatic carbocycles. The molecule has 3 aromatic rings. The van der Waals surface area contributed by atoms with E-state index in [4.69, 9.17) is 0 Å². The number of benzene rings is 2. The highest BCUT2D eigenvalue weighted by Crippen LogP contribution is 2.32. The van der Waals surface area contributed by atoms with Crippen molar-refractivity contribution in [1.82, 2.24) is 15.2 Å². The summed E-state index contributed by atoms with van der Waals surface area (Å²) >= 11 is 1.37. The third kappa shape index (κ3) is 4.89. The molecule has 9 nitrogen and oxygen atoms in total. The van der Waals surface area contributed by atoms with Crippen molar-refractivity contribution >= 4 is 49.1 Å². The maximum Gasteiger partial charge on any atom is 0.264 e. The minimum Gasteiger partial charge on any atom is -0.390 e. The lowest BCUT2D eigenvalue weighted by atomic mass is 9.82. The minimum atomic E-state index is -3.85. The predicted molar refractivity (Wildman–Crippen MR) is 133 cm³/mol. The highest BCUT2D eigenvalue weighted by Gasteiger charge is 2.39. The van der Waals surface area contributed by atoms with Crippen LogP contribution in [0.3, 0.4) is 0 Å². The number of nitrogens with one attached hydrogen (secondary N) is 2. The van der Waals surface area contributed by atoms with Crippen LogP contribution in [0, 0.1) is 5.92 Å². The highest BCUT2D eigenvalue weighted by atomic mass is 32.2. The van der Waals surface area contributed by atoms with Gasteiger partial charge in [-0.05, 0) is 62.1 Å². The summed E-state index contributed by atoms with van der Waals surface area (Å²) in [7, 11) is -3.85. The van der Waals surface area contributed by atoms with E-state index < -0.39 is 15.6 Å². The predicted octanol–water partition coefficient (Wildman–Crippen LogP) is 2.59. The molecule has 0 aliphatic carbocycles. The van der Waals surface area contributed by atoms with Crippen molar-refractivity contribution in [2.45, 2.75) is 36.2 Å². The number of carbonyl (C=O) groups is 2. The van der Waals surface area contributed by atoms with Gasteiger partial charge in [-0.1, -0.05) is 6.07 Å². The van der Waals surface area contributed by atoms with Gasteiger partial charge in [0.25, 0.3) is 15.9 Å². The van der Waals surface area contributed by atoms with Crippen molar-refractivity contribution in [2.24, 2.45) is 5.92 Å². The number of sulfonamides is 1. The van der Waals surface area contributed by atoms with Crippen LogP contribution < -0.4 is 10.0 Å². The molecule has 2 fully saturated rings. The normalized spacial score (nSPS) is 20.1. The van der Waals surface area contributed by atoms with Gasteiger partial charge in [0.05, 0.1) is 15.8 Å². The molecule has 0 radical (unpaired) electrons. The monoisotopic (exact) mass is 514 g/mol. The Morgan fingerprint density at radius 2 is 1.94 bits per heavy atom. The molecular weight excluding hydrogens is 488 g/mol. The molecule has 5 rings (SSSR count). The van der Waals surface area contributed by atoms with Gasteiger partial charge in [-0.3, -0.25) is 14.3 Å². The Balaban J connectivity index is 1.22. The van der Waals surface area contributed by atoms with Gasteiger partial charge in [-0.2, -0.15) is 0 Å². The molecule has 11 heteroatoms. The molecule has 3 N–H and O–H groups in total. The Hall–Kier alpha value is -3.02. The topological polar surface area (TPSA) is 129 Å². The molecule has 3 heterocycles. The van der Waals surface area contributed by atoms with E-state index in [1.807, 2.05) is 6.07 Å². The van der Waals surface area contributed by atoms with Crippen molar-refractivity contribution in [1.29, 1.82) is 0 Å². The summed E-state index contributed by atoms with van der Waals surface area (Å²) in [5.41, 5.74) is 1.88. The van der Waals surface area contributed by atoms with E-state index in [1.54, 1.807) is 40.7 Å². The van der Waals surface area contributed by atoms with E-state index in [1.165, 1.54) is 17.4 Å². The number of amides is 2. The number of thiazole rings is 1. The average molecular weight is 515 g/mol. The molecule has 35 heavy (non-hydrogen) atoms. The lowest BCUT2D eigenvalue weighted by Gasteiger charge is -2.39. The van der Waals surface area contributed by atoms with Crippen LogP contribution in [0.25, 0.3) is 10.2 Å². The van der Waals surface area contributed by atoms with E-state index >= 15 is 0 Å². The molecule has 184 valence electrons. The van der Waals surface area contributed by atoms with Crippen molar-refractivity contribution in [2.75, 3.05) is 24.4 Å². The van der Waals surface area contributed by atoms with Crippen molar-refractivity contribution < 1.29 is 23.1 Å². The molecule has 2 amide bonds. The number of carbonyl (C=O) groups excluding carboxylic acids is 2. The van der Waals surface area contributed by atoms with Crippen molar-refractivity contribution in [3.63, 3.8) is 0 Å². The van der Waals surface area contributed by atoms with Crippen molar-refractivity contribution in [3.8, 4) is 0 Å². The van der Waals surface area contributed by atoms with E-state index in [0.717, 1.165) is 11.1 Å². The first kappa shape index (κ1) is 23.7. The largest absolute Gasteiger partial charge is 0.390 e. The van der Waals surface area contributed by atoms with Gasteiger partial charge >= 0.3 is 0 Å². The molecule has 0 bridgehead atoms. The number of likely N-dealkylation sites (tertiary alicyclic amines) is 1. The summed E-state index contributed by atoms with van der Waals surface area (Å²) < 4.78 is 29.2. The van der Waals surface area contributed by atoms with Crippen LogP contribution in [0.5, 0.6) is 0 Å². The first-order chi connectivity index (χ1) is 16.7. The highest BCUT2D eigenvalue weighted by molar-refractivity contribution is 7.93. The van der Waals surface area contributed by atoms with Crippen LogP contribution in [0.4, 0.5) is 5.69 Å². The van der Waals surface area contributed by atoms with Crippen molar-refractivity contribution in [3.05, 3.63) is 53.5 Å². The minimum absolute atomic E-state index is 0.00379. The molecule has 1 unspecified atom stereocenters. The number of anilines is 1. The van der Waals surface area contributed by atoms with Gasteiger partial charge in [0, 0.05) is 36.8 Å². The third-order valence-electron chi connectivity index (χ3n) is 6.77. The second kappa shape index (κ2) is 9.21. The Morgan fingerprint density at radius 3 is 2.63 bits per heavy atom. The third-order valence-corrected chi connectivity index (χ3v) is 8.97. The summed E-state index contributed by atoms with van der Waals surface area (Å²) in [4.78, 5) is 30.8. The average Bonchev–Trinajstić information content (AvgIpc) is 3.48. The number of fused-ring (bicyclic) bond motifs is 1. The number of aromatic nitrogens is 1. The molecular formula is C24H26N4O5S2. The first-order valence-corrected chi connectivity index (χ1v) is 13.8. The fourth-order valence-electron chi connectivity index (χ4n) is 4.78. The molecule has 0 saturated carbocycles. The zero-order chi connectivity index (χ0) is 24.6. The summed E-state index contributed by atoms with van der Waals surface area (Å²) in [6.45, 7) is 1.45.